The van der Waals surface area contributed by atoms with E-state index in [-0.39, 0.29) is 42.7 Å². The lowest BCUT2D eigenvalue weighted by molar-refractivity contribution is -0.0396. The summed E-state index contributed by atoms with van der Waals surface area (Å²) in [4.78, 5) is 51.0. The number of carbonyl (C=O) groups excluding carboxylic acids is 3. The van der Waals surface area contributed by atoms with E-state index < -0.39 is 24.3 Å². The first kappa shape index (κ1) is 43.9. The number of pyridine rings is 2. The summed E-state index contributed by atoms with van der Waals surface area (Å²) in [6.07, 6.45) is 9.10. The third-order valence-electron chi connectivity index (χ3n) is 9.61. The topological polar surface area (TPSA) is 148 Å². The minimum absolute atomic E-state index is 0. The zero-order chi connectivity index (χ0) is 36.5. The molecule has 0 radical (unpaired) electrons. The Morgan fingerprint density at radius 2 is 0.926 bits per heavy atom. The van der Waals surface area contributed by atoms with E-state index in [1.807, 2.05) is 60.7 Å². The Hall–Kier alpha value is -4.55. The summed E-state index contributed by atoms with van der Waals surface area (Å²) < 4.78 is 0. The van der Waals surface area contributed by atoms with Gasteiger partial charge in [0.2, 0.25) is 0 Å². The Morgan fingerprint density at radius 3 is 1.30 bits per heavy atom. The third-order valence-corrected chi connectivity index (χ3v) is 9.61. The quantitative estimate of drug-likeness (QED) is 0.0976. The van der Waals surface area contributed by atoms with Gasteiger partial charge in [0.1, 0.15) is 12.2 Å². The van der Waals surface area contributed by atoms with E-state index in [9.17, 15) is 24.6 Å². The number of hydrogen-bond acceptors (Lipinski definition) is 7. The Labute approximate surface area is 330 Å². The Kier molecular flexibility index (Phi) is 18.9. The van der Waals surface area contributed by atoms with E-state index in [4.69, 9.17) is 0 Å². The molecule has 4 amide bonds. The van der Waals surface area contributed by atoms with Crippen molar-refractivity contribution in [1.29, 1.82) is 0 Å². The van der Waals surface area contributed by atoms with Gasteiger partial charge in [-0.15, -0.1) is 24.8 Å². The summed E-state index contributed by atoms with van der Waals surface area (Å²) >= 11 is 0. The van der Waals surface area contributed by atoms with Crippen molar-refractivity contribution in [2.75, 3.05) is 26.2 Å². The van der Waals surface area contributed by atoms with Crippen molar-refractivity contribution in [2.45, 2.75) is 75.7 Å². The smallest absolute Gasteiger partial charge is 0.320 e. The fourth-order valence-electron chi connectivity index (χ4n) is 6.75. The van der Waals surface area contributed by atoms with E-state index in [0.29, 0.717) is 63.0 Å². The molecule has 1 aliphatic heterocycles. The van der Waals surface area contributed by atoms with Gasteiger partial charge < -0.3 is 30.6 Å². The predicted octanol–water partition coefficient (Wildman–Crippen LogP) is 5.50. The first-order valence-corrected chi connectivity index (χ1v) is 18.3. The largest absolute Gasteiger partial charge is 0.388 e. The molecule has 0 bridgehead atoms. The number of halogens is 2. The van der Waals surface area contributed by atoms with Crippen molar-refractivity contribution in [3.05, 3.63) is 132 Å². The zero-order valence-corrected chi connectivity index (χ0v) is 32.0. The zero-order valence-electron chi connectivity index (χ0n) is 30.4. The highest BCUT2D eigenvalue weighted by atomic mass is 35.5. The molecule has 0 saturated carbocycles. The average molecular weight is 780 g/mol. The number of benzene rings is 2. The lowest BCUT2D eigenvalue weighted by Gasteiger charge is -2.36. The molecule has 4 N–H and O–H groups in total. The van der Waals surface area contributed by atoms with Crippen LogP contribution in [0.15, 0.2) is 110 Å². The maximum Gasteiger partial charge on any atom is 0.320 e. The van der Waals surface area contributed by atoms with Crippen molar-refractivity contribution in [3.8, 4) is 0 Å². The van der Waals surface area contributed by atoms with Crippen molar-refractivity contribution in [2.24, 2.45) is 0 Å². The lowest BCUT2D eigenvalue weighted by atomic mass is 9.91. The van der Waals surface area contributed by atoms with Gasteiger partial charge in [-0.05, 0) is 86.8 Å². The van der Waals surface area contributed by atoms with Gasteiger partial charge >= 0.3 is 6.03 Å². The Bertz CT molecular complexity index is 1550. The summed E-state index contributed by atoms with van der Waals surface area (Å²) in [5, 5.41) is 29.6. The number of nitrogens with zero attached hydrogens (tertiary/aromatic N) is 4. The number of aromatic nitrogens is 2. The number of carbonyl (C=O) groups is 3. The normalized spacial score (nSPS) is 18.1. The molecule has 13 heteroatoms. The number of aliphatic hydroxyl groups excluding tert-OH is 2. The molecule has 3 heterocycles. The molecule has 2 aromatic carbocycles. The highest BCUT2D eigenvalue weighted by Gasteiger charge is 2.45. The van der Waals surface area contributed by atoms with Gasteiger partial charge in [0, 0.05) is 62.1 Å². The molecule has 0 aliphatic carbocycles. The third kappa shape index (κ3) is 12.8. The molecule has 1 saturated heterocycles. The molecular weight excluding hydrogens is 727 g/mol. The minimum atomic E-state index is -1.18. The van der Waals surface area contributed by atoms with Gasteiger partial charge in [0.05, 0.1) is 12.1 Å². The van der Waals surface area contributed by atoms with Crippen molar-refractivity contribution in [3.63, 3.8) is 0 Å². The molecule has 290 valence electrons. The number of unbranched alkanes of at least 4 members (excludes halogenated alkanes) is 4. The SMILES string of the molecule is Cl.Cl.O=C(NCCCCCN1C(=O)N(CCCCCNC(=O)c2ccncc2)[C@H](Cc2ccccc2)[C@H](O)[C@@H](O)[C@H]1Cc1ccccc1)c1ccncc1. The van der Waals surface area contributed by atoms with E-state index in [2.05, 4.69) is 20.6 Å². The average Bonchev–Trinajstić information content (AvgIpc) is 3.25. The van der Waals surface area contributed by atoms with Crippen LogP contribution in [-0.2, 0) is 12.8 Å². The standard InChI is InChI=1S/C41H50N6O5.2ClH/c48-37-35(29-31-13-5-1-6-14-31)46(27-11-3-9-21-44-39(50)33-17-23-42-24-18-33)41(52)47(36(38(37)49)30-32-15-7-2-8-16-32)28-12-4-10-22-45-40(51)34-19-25-43-26-20-34;;/h1-2,5-8,13-20,23-26,35-38,48-49H,3-4,9-12,21-22,27-30H2,(H,44,50)(H,45,51);2*1H/t35-,36-,37+,38+;;/m1../s1. The maximum atomic E-state index is 14.7. The number of rotatable bonds is 18. The summed E-state index contributed by atoms with van der Waals surface area (Å²) in [6, 6.07) is 24.7. The molecule has 54 heavy (non-hydrogen) atoms. The summed E-state index contributed by atoms with van der Waals surface area (Å²) in [6.45, 7) is 1.79. The van der Waals surface area contributed by atoms with Gasteiger partial charge in [0.15, 0.2) is 0 Å². The molecule has 4 aromatic rings. The number of hydrogen-bond donors (Lipinski definition) is 4. The molecule has 4 atom stereocenters. The fraction of sp³-hybridized carbons (Fsp3) is 0.390. The minimum Gasteiger partial charge on any atom is -0.388 e. The Balaban J connectivity index is 0.00000392. The monoisotopic (exact) mass is 778 g/mol. The predicted molar refractivity (Wildman–Crippen MR) is 214 cm³/mol. The van der Waals surface area contributed by atoms with Gasteiger partial charge in [-0.25, -0.2) is 4.79 Å². The highest BCUT2D eigenvalue weighted by Crippen LogP contribution is 2.28. The Morgan fingerprint density at radius 1 is 0.556 bits per heavy atom. The van der Waals surface area contributed by atoms with Crippen molar-refractivity contribution >= 4 is 42.7 Å². The van der Waals surface area contributed by atoms with Gasteiger partial charge in [-0.2, -0.15) is 0 Å². The van der Waals surface area contributed by atoms with Crippen LogP contribution >= 0.6 is 24.8 Å². The van der Waals surface area contributed by atoms with E-state index in [1.54, 1.807) is 58.9 Å². The van der Waals surface area contributed by atoms with E-state index in [1.165, 1.54) is 0 Å². The number of amides is 4. The van der Waals surface area contributed by atoms with Crippen LogP contribution in [0, 0.1) is 0 Å². The summed E-state index contributed by atoms with van der Waals surface area (Å²) in [7, 11) is 0. The maximum absolute atomic E-state index is 14.7. The molecule has 1 fully saturated rings. The molecule has 11 nitrogen and oxygen atoms in total. The lowest BCUT2D eigenvalue weighted by Crippen LogP contribution is -2.51. The molecule has 1 aliphatic rings. The van der Waals surface area contributed by atoms with E-state index in [0.717, 1.165) is 36.8 Å². The van der Waals surface area contributed by atoms with Crippen molar-refractivity contribution in [1.82, 2.24) is 30.4 Å². The van der Waals surface area contributed by atoms with Crippen LogP contribution < -0.4 is 10.6 Å². The highest BCUT2D eigenvalue weighted by molar-refractivity contribution is 5.94. The van der Waals surface area contributed by atoms with Crippen LogP contribution in [0.25, 0.3) is 0 Å². The van der Waals surface area contributed by atoms with Crippen LogP contribution in [0.4, 0.5) is 4.79 Å². The fourth-order valence-corrected chi connectivity index (χ4v) is 6.75. The molecular formula is C41H52Cl2N6O5. The second-order valence-corrected chi connectivity index (χ2v) is 13.3. The molecule has 0 unspecified atom stereocenters. The number of aliphatic hydroxyl groups is 2. The summed E-state index contributed by atoms with van der Waals surface area (Å²) in [5.74, 6) is -0.303. The first-order valence-electron chi connectivity index (χ1n) is 18.3. The molecule has 2 aromatic heterocycles. The number of urea groups is 1. The molecule has 0 spiro atoms. The van der Waals surface area contributed by atoms with Crippen LogP contribution in [0.1, 0.15) is 70.4 Å². The first-order chi connectivity index (χ1) is 25.4. The van der Waals surface area contributed by atoms with Gasteiger partial charge in [-0.3, -0.25) is 19.6 Å². The van der Waals surface area contributed by atoms with Gasteiger partial charge in [0.25, 0.3) is 11.8 Å². The van der Waals surface area contributed by atoms with Crippen LogP contribution in [0.3, 0.4) is 0 Å². The van der Waals surface area contributed by atoms with Crippen LogP contribution in [-0.4, -0.2) is 98.3 Å². The number of nitrogens with one attached hydrogen (secondary N) is 2. The van der Waals surface area contributed by atoms with Crippen LogP contribution in [0.2, 0.25) is 0 Å². The second kappa shape index (κ2) is 23.3. The van der Waals surface area contributed by atoms with E-state index >= 15 is 0 Å². The second-order valence-electron chi connectivity index (χ2n) is 13.3. The molecule has 5 rings (SSSR count). The van der Waals surface area contributed by atoms with Crippen LogP contribution in [0.5, 0.6) is 0 Å². The van der Waals surface area contributed by atoms with Crippen molar-refractivity contribution < 1.29 is 24.6 Å². The van der Waals surface area contributed by atoms with Gasteiger partial charge in [-0.1, -0.05) is 60.7 Å². The summed E-state index contributed by atoms with van der Waals surface area (Å²) in [5.41, 5.74) is 3.05.